The van der Waals surface area contributed by atoms with Crippen LogP contribution in [0.25, 0.3) is 0 Å². The quantitative estimate of drug-likeness (QED) is 0.0322. The van der Waals surface area contributed by atoms with Crippen molar-refractivity contribution in [3.8, 4) is 0 Å². The largest absolute Gasteiger partial charge is 0.466 e. The van der Waals surface area contributed by atoms with Crippen LogP contribution in [0.15, 0.2) is 24.3 Å². The Hall–Kier alpha value is -1.66. The number of carbonyl (C=O) groups excluding carboxylic acids is 2. The highest BCUT2D eigenvalue weighted by atomic mass is 16.5. The second-order valence-electron chi connectivity index (χ2n) is 17.9. The number of allylic oxidation sites excluding steroid dienone is 3. The predicted molar refractivity (Wildman–Crippen MR) is 255 cm³/mol. The summed E-state index contributed by atoms with van der Waals surface area (Å²) in [6.07, 6.45) is 57.5. The van der Waals surface area contributed by atoms with E-state index < -0.39 is 12.1 Å². The van der Waals surface area contributed by atoms with Gasteiger partial charge >= 0.3 is 5.97 Å². The van der Waals surface area contributed by atoms with E-state index in [1.54, 1.807) is 6.08 Å². The first kappa shape index (κ1) is 57.3. The SMILES string of the molecule is CCCCCCCCCCCCCCCCCC/C=C/C(O)C(CO)NC(=O)CCCCCC/C=C\CCCCOC(=O)CCCCCCCCCCCCCCCC. The van der Waals surface area contributed by atoms with E-state index in [1.165, 1.54) is 173 Å². The zero-order valence-corrected chi connectivity index (χ0v) is 39.5. The summed E-state index contributed by atoms with van der Waals surface area (Å²) in [6, 6.07) is -0.652. The summed E-state index contributed by atoms with van der Waals surface area (Å²) in [6.45, 7) is 4.82. The van der Waals surface area contributed by atoms with Gasteiger partial charge in [-0.15, -0.1) is 0 Å². The lowest BCUT2D eigenvalue weighted by Crippen LogP contribution is -2.45. The van der Waals surface area contributed by atoms with Crippen molar-refractivity contribution in [1.29, 1.82) is 0 Å². The maximum absolute atomic E-state index is 12.4. The normalized spacial score (nSPS) is 12.8. The van der Waals surface area contributed by atoms with Crippen LogP contribution in [0, 0.1) is 0 Å². The van der Waals surface area contributed by atoms with E-state index in [1.807, 2.05) is 6.08 Å². The number of nitrogens with one attached hydrogen (secondary N) is 1. The molecular formula is C53H101NO5. The third-order valence-corrected chi connectivity index (χ3v) is 12.0. The molecule has 6 nitrogen and oxygen atoms in total. The Balaban J connectivity index is 3.56. The predicted octanol–water partition coefficient (Wildman–Crippen LogP) is 15.5. The van der Waals surface area contributed by atoms with Crippen LogP contribution in [-0.2, 0) is 14.3 Å². The Kier molecular flexibility index (Phi) is 47.6. The van der Waals surface area contributed by atoms with Crippen molar-refractivity contribution < 1.29 is 24.5 Å². The van der Waals surface area contributed by atoms with Gasteiger partial charge in [0.15, 0.2) is 0 Å². The van der Waals surface area contributed by atoms with Crippen LogP contribution in [0.4, 0.5) is 0 Å². The van der Waals surface area contributed by atoms with Crippen LogP contribution in [0.1, 0.15) is 277 Å². The third kappa shape index (κ3) is 45.7. The fourth-order valence-corrected chi connectivity index (χ4v) is 7.92. The molecule has 0 aromatic carbocycles. The first-order chi connectivity index (χ1) is 29.0. The number of amides is 1. The molecular weight excluding hydrogens is 731 g/mol. The monoisotopic (exact) mass is 832 g/mol. The first-order valence-electron chi connectivity index (χ1n) is 26.1. The molecule has 3 N–H and O–H groups in total. The number of hydrogen-bond donors (Lipinski definition) is 3. The highest BCUT2D eigenvalue weighted by Crippen LogP contribution is 2.16. The standard InChI is InChI=1S/C53H101NO5/c1-3-5-7-9-11-13-15-17-19-20-21-22-23-25-29-33-37-41-45-51(56)50(49-55)54-52(57)46-42-38-34-30-27-28-32-36-40-44-48-59-53(58)47-43-39-35-31-26-24-18-16-14-12-10-8-6-4-2/h28,32,41,45,50-51,55-56H,3-27,29-31,33-40,42-44,46-49H2,1-2H3,(H,54,57)/b32-28-,45-41+. The average molecular weight is 832 g/mol. The summed E-state index contributed by atoms with van der Waals surface area (Å²) in [7, 11) is 0. The Morgan fingerprint density at radius 2 is 0.797 bits per heavy atom. The van der Waals surface area contributed by atoms with Crippen LogP contribution in [0.2, 0.25) is 0 Å². The Morgan fingerprint density at radius 1 is 0.458 bits per heavy atom. The fourth-order valence-electron chi connectivity index (χ4n) is 7.92. The van der Waals surface area contributed by atoms with Gasteiger partial charge in [0.05, 0.1) is 25.4 Å². The van der Waals surface area contributed by atoms with Crippen LogP contribution >= 0.6 is 0 Å². The average Bonchev–Trinajstić information content (AvgIpc) is 3.24. The molecule has 0 aliphatic carbocycles. The van der Waals surface area contributed by atoms with Gasteiger partial charge in [-0.05, 0) is 57.8 Å². The van der Waals surface area contributed by atoms with E-state index in [9.17, 15) is 19.8 Å². The number of esters is 1. The molecule has 0 fully saturated rings. The van der Waals surface area contributed by atoms with E-state index in [0.29, 0.717) is 19.4 Å². The highest BCUT2D eigenvalue weighted by Gasteiger charge is 2.18. The fraction of sp³-hybridized carbons (Fsp3) is 0.887. The first-order valence-corrected chi connectivity index (χ1v) is 26.1. The lowest BCUT2D eigenvalue weighted by Gasteiger charge is -2.20. The molecule has 0 saturated heterocycles. The molecule has 0 heterocycles. The van der Waals surface area contributed by atoms with Crippen LogP contribution in [-0.4, -0.2) is 47.4 Å². The highest BCUT2D eigenvalue weighted by molar-refractivity contribution is 5.76. The van der Waals surface area contributed by atoms with Crippen molar-refractivity contribution in [2.45, 2.75) is 289 Å². The minimum absolute atomic E-state index is 0.0361. The van der Waals surface area contributed by atoms with Gasteiger partial charge in [-0.1, -0.05) is 231 Å². The topological polar surface area (TPSA) is 95.9 Å². The zero-order chi connectivity index (χ0) is 43.0. The molecule has 59 heavy (non-hydrogen) atoms. The zero-order valence-electron chi connectivity index (χ0n) is 39.5. The number of aliphatic hydroxyl groups is 2. The van der Waals surface area contributed by atoms with E-state index in [-0.39, 0.29) is 18.5 Å². The summed E-state index contributed by atoms with van der Waals surface area (Å²) in [5.74, 6) is -0.138. The number of aliphatic hydroxyl groups excluding tert-OH is 2. The van der Waals surface area contributed by atoms with Crippen molar-refractivity contribution in [3.05, 3.63) is 24.3 Å². The van der Waals surface area contributed by atoms with Gasteiger partial charge in [0.25, 0.3) is 0 Å². The van der Waals surface area contributed by atoms with E-state index in [0.717, 1.165) is 77.0 Å². The van der Waals surface area contributed by atoms with E-state index >= 15 is 0 Å². The van der Waals surface area contributed by atoms with Gasteiger partial charge < -0.3 is 20.3 Å². The second-order valence-corrected chi connectivity index (χ2v) is 17.9. The molecule has 2 unspecified atom stereocenters. The molecule has 1 amide bonds. The third-order valence-electron chi connectivity index (χ3n) is 12.0. The summed E-state index contributed by atoms with van der Waals surface area (Å²) < 4.78 is 5.43. The van der Waals surface area contributed by atoms with E-state index in [4.69, 9.17) is 4.74 Å². The van der Waals surface area contributed by atoms with Gasteiger partial charge in [-0.25, -0.2) is 0 Å². The lowest BCUT2D eigenvalue weighted by atomic mass is 10.0. The molecule has 0 saturated carbocycles. The van der Waals surface area contributed by atoms with Gasteiger partial charge in [0.2, 0.25) is 5.91 Å². The van der Waals surface area contributed by atoms with Crippen LogP contribution in [0.5, 0.6) is 0 Å². The number of hydrogen-bond acceptors (Lipinski definition) is 5. The molecule has 0 aromatic rings. The van der Waals surface area contributed by atoms with E-state index in [2.05, 4.69) is 31.3 Å². The molecule has 0 rings (SSSR count). The molecule has 348 valence electrons. The van der Waals surface area contributed by atoms with Crippen molar-refractivity contribution in [3.63, 3.8) is 0 Å². The molecule has 2 atom stereocenters. The van der Waals surface area contributed by atoms with Crippen LogP contribution < -0.4 is 5.32 Å². The number of rotatable bonds is 48. The Morgan fingerprint density at radius 3 is 1.20 bits per heavy atom. The molecule has 0 aromatic heterocycles. The van der Waals surface area contributed by atoms with Crippen molar-refractivity contribution >= 4 is 11.9 Å². The minimum atomic E-state index is -0.865. The number of carbonyl (C=O) groups is 2. The van der Waals surface area contributed by atoms with Crippen molar-refractivity contribution in [2.75, 3.05) is 13.2 Å². The maximum atomic E-state index is 12.4. The van der Waals surface area contributed by atoms with Gasteiger partial charge in [0.1, 0.15) is 0 Å². The second kappa shape index (κ2) is 49.0. The molecule has 0 spiro atoms. The summed E-state index contributed by atoms with van der Waals surface area (Å²) in [5, 5.41) is 23.1. The summed E-state index contributed by atoms with van der Waals surface area (Å²) in [4.78, 5) is 24.4. The summed E-state index contributed by atoms with van der Waals surface area (Å²) in [5.41, 5.74) is 0. The molecule has 6 heteroatoms. The molecule has 0 aliphatic heterocycles. The molecule has 0 bridgehead atoms. The van der Waals surface area contributed by atoms with Gasteiger partial charge in [0, 0.05) is 12.8 Å². The Bertz CT molecular complexity index is 920. The van der Waals surface area contributed by atoms with Crippen molar-refractivity contribution in [2.24, 2.45) is 0 Å². The number of unbranched alkanes of at least 4 members (excludes halogenated alkanes) is 35. The molecule has 0 radical (unpaired) electrons. The summed E-state index contributed by atoms with van der Waals surface area (Å²) >= 11 is 0. The van der Waals surface area contributed by atoms with Gasteiger partial charge in [-0.3, -0.25) is 9.59 Å². The minimum Gasteiger partial charge on any atom is -0.466 e. The maximum Gasteiger partial charge on any atom is 0.305 e. The van der Waals surface area contributed by atoms with Gasteiger partial charge in [-0.2, -0.15) is 0 Å². The number of ether oxygens (including phenoxy) is 1. The lowest BCUT2D eigenvalue weighted by molar-refractivity contribution is -0.143. The van der Waals surface area contributed by atoms with Crippen molar-refractivity contribution in [1.82, 2.24) is 5.32 Å². The van der Waals surface area contributed by atoms with Crippen LogP contribution in [0.3, 0.4) is 0 Å². The smallest absolute Gasteiger partial charge is 0.305 e. The molecule has 0 aliphatic rings. The Labute approximate surface area is 367 Å².